The molecule has 0 atom stereocenters. The molecule has 1 rings (SSSR count). The lowest BCUT2D eigenvalue weighted by Crippen LogP contribution is -2.02. The standard InChI is InChI=1S/C8H7NO3.CH4O/c1-5-2-6(4-10)3-7(9-5)8(11)12;1-2/h2-4H,1H3,(H,11,12);2H,1H3. The third-order valence-electron chi connectivity index (χ3n) is 1.33. The monoisotopic (exact) mass is 197 g/mol. The summed E-state index contributed by atoms with van der Waals surface area (Å²) in [5.41, 5.74) is 0.758. The van der Waals surface area contributed by atoms with Gasteiger partial charge in [-0.15, -0.1) is 0 Å². The first-order valence-corrected chi connectivity index (χ1v) is 3.75. The Bertz CT molecular complexity index is 336. The minimum Gasteiger partial charge on any atom is -0.477 e. The number of carboxylic acid groups (broad SMARTS) is 1. The molecule has 0 saturated carbocycles. The molecule has 0 amide bonds. The topological polar surface area (TPSA) is 87.5 Å². The van der Waals surface area contributed by atoms with Gasteiger partial charge in [0.2, 0.25) is 0 Å². The van der Waals surface area contributed by atoms with Gasteiger partial charge in [0, 0.05) is 18.4 Å². The van der Waals surface area contributed by atoms with E-state index >= 15 is 0 Å². The molecule has 5 nitrogen and oxygen atoms in total. The molecule has 0 fully saturated rings. The van der Waals surface area contributed by atoms with Gasteiger partial charge in [0.05, 0.1) is 0 Å². The molecule has 76 valence electrons. The van der Waals surface area contributed by atoms with Crippen LogP contribution in [0.1, 0.15) is 26.5 Å². The van der Waals surface area contributed by atoms with Crippen LogP contribution in [0.2, 0.25) is 0 Å². The molecule has 5 heteroatoms. The summed E-state index contributed by atoms with van der Waals surface area (Å²) in [6.45, 7) is 1.64. The zero-order valence-corrected chi connectivity index (χ0v) is 7.89. The molecule has 0 aliphatic carbocycles. The van der Waals surface area contributed by atoms with Crippen LogP contribution in [0.3, 0.4) is 0 Å². The second-order valence-electron chi connectivity index (χ2n) is 2.35. The number of nitrogens with zero attached hydrogens (tertiary/aromatic N) is 1. The van der Waals surface area contributed by atoms with Crippen LogP contribution in [0.15, 0.2) is 12.1 Å². The first-order valence-electron chi connectivity index (χ1n) is 3.75. The van der Waals surface area contributed by atoms with Crippen LogP contribution in [0.4, 0.5) is 0 Å². The van der Waals surface area contributed by atoms with Crippen LogP contribution < -0.4 is 0 Å². The molecule has 0 radical (unpaired) electrons. The molecule has 0 aliphatic heterocycles. The number of carboxylic acids is 1. The van der Waals surface area contributed by atoms with E-state index < -0.39 is 5.97 Å². The van der Waals surface area contributed by atoms with Crippen LogP contribution >= 0.6 is 0 Å². The zero-order valence-electron chi connectivity index (χ0n) is 7.89. The summed E-state index contributed by atoms with van der Waals surface area (Å²) in [5.74, 6) is -1.12. The summed E-state index contributed by atoms with van der Waals surface area (Å²) in [6.07, 6.45) is 0.598. The van der Waals surface area contributed by atoms with E-state index in [-0.39, 0.29) is 5.69 Å². The van der Waals surface area contributed by atoms with Gasteiger partial charge >= 0.3 is 5.97 Å². The number of aromatic nitrogens is 1. The molecule has 0 bridgehead atoms. The average Bonchev–Trinajstić information content (AvgIpc) is 2.20. The maximum Gasteiger partial charge on any atom is 0.354 e. The van der Waals surface area contributed by atoms with Crippen molar-refractivity contribution in [3.05, 3.63) is 29.1 Å². The van der Waals surface area contributed by atoms with Gasteiger partial charge in [-0.3, -0.25) is 4.79 Å². The third kappa shape index (κ3) is 3.32. The summed E-state index contributed by atoms with van der Waals surface area (Å²) < 4.78 is 0. The van der Waals surface area contributed by atoms with Crippen molar-refractivity contribution in [2.24, 2.45) is 0 Å². The number of rotatable bonds is 2. The van der Waals surface area contributed by atoms with E-state index in [1.807, 2.05) is 0 Å². The lowest BCUT2D eigenvalue weighted by Gasteiger charge is -1.97. The Labute approximate surface area is 81.0 Å². The van der Waals surface area contributed by atoms with Crippen molar-refractivity contribution < 1.29 is 19.8 Å². The van der Waals surface area contributed by atoms with Crippen LogP contribution in [-0.4, -0.2) is 34.6 Å². The highest BCUT2D eigenvalue weighted by atomic mass is 16.4. The molecule has 0 aromatic carbocycles. The van der Waals surface area contributed by atoms with Crippen molar-refractivity contribution in [3.8, 4) is 0 Å². The second-order valence-corrected chi connectivity index (χ2v) is 2.35. The molecule has 2 N–H and O–H groups in total. The van der Waals surface area contributed by atoms with Crippen LogP contribution in [0.5, 0.6) is 0 Å². The Hall–Kier alpha value is -1.75. The summed E-state index contributed by atoms with van der Waals surface area (Å²) in [5, 5.41) is 15.6. The predicted octanol–water partition coefficient (Wildman–Crippen LogP) is 0.509. The third-order valence-corrected chi connectivity index (χ3v) is 1.33. The van der Waals surface area contributed by atoms with Gasteiger partial charge in [-0.25, -0.2) is 9.78 Å². The molecule has 14 heavy (non-hydrogen) atoms. The van der Waals surface area contributed by atoms with E-state index in [1.54, 1.807) is 6.92 Å². The number of aldehydes is 1. The zero-order chi connectivity index (χ0) is 11.1. The summed E-state index contributed by atoms with van der Waals surface area (Å²) in [4.78, 5) is 24.5. The van der Waals surface area contributed by atoms with Gasteiger partial charge in [-0.2, -0.15) is 0 Å². The summed E-state index contributed by atoms with van der Waals surface area (Å²) in [7, 11) is 1.00. The van der Waals surface area contributed by atoms with E-state index in [0.717, 1.165) is 7.11 Å². The van der Waals surface area contributed by atoms with Gasteiger partial charge in [0.1, 0.15) is 12.0 Å². The number of hydrogen-bond acceptors (Lipinski definition) is 4. The number of aliphatic hydroxyl groups is 1. The highest BCUT2D eigenvalue weighted by Crippen LogP contribution is 2.03. The van der Waals surface area contributed by atoms with Crippen molar-refractivity contribution in [2.75, 3.05) is 7.11 Å². The van der Waals surface area contributed by atoms with Gasteiger partial charge in [-0.1, -0.05) is 0 Å². The van der Waals surface area contributed by atoms with Gasteiger partial charge < -0.3 is 10.2 Å². The van der Waals surface area contributed by atoms with Crippen molar-refractivity contribution in [1.29, 1.82) is 0 Å². The predicted molar refractivity (Wildman–Crippen MR) is 49.5 cm³/mol. The average molecular weight is 197 g/mol. The largest absolute Gasteiger partial charge is 0.477 e. The van der Waals surface area contributed by atoms with Crippen LogP contribution in [-0.2, 0) is 0 Å². The van der Waals surface area contributed by atoms with E-state index in [4.69, 9.17) is 10.2 Å². The number of carbonyl (C=O) groups is 2. The molecule has 0 unspecified atom stereocenters. The number of pyridine rings is 1. The normalized spacial score (nSPS) is 8.50. The Morgan fingerprint density at radius 1 is 1.43 bits per heavy atom. The Balaban J connectivity index is 0.000000791. The maximum atomic E-state index is 10.4. The lowest BCUT2D eigenvalue weighted by atomic mass is 10.2. The minimum atomic E-state index is -1.12. The van der Waals surface area contributed by atoms with E-state index in [9.17, 15) is 9.59 Å². The maximum absolute atomic E-state index is 10.4. The van der Waals surface area contributed by atoms with E-state index in [0.29, 0.717) is 17.5 Å². The highest BCUT2D eigenvalue weighted by Gasteiger charge is 2.05. The van der Waals surface area contributed by atoms with Gasteiger partial charge in [0.25, 0.3) is 0 Å². The van der Waals surface area contributed by atoms with Crippen molar-refractivity contribution >= 4 is 12.3 Å². The minimum absolute atomic E-state index is 0.0999. The molecular formula is C9H11NO4. The number of aryl methyl sites for hydroxylation is 1. The van der Waals surface area contributed by atoms with Gasteiger partial charge in [-0.05, 0) is 19.1 Å². The Kier molecular flexibility index (Phi) is 5.09. The molecule has 0 spiro atoms. The molecule has 0 aliphatic rings. The molecule has 1 heterocycles. The van der Waals surface area contributed by atoms with Crippen LogP contribution in [0.25, 0.3) is 0 Å². The summed E-state index contributed by atoms with van der Waals surface area (Å²) in [6, 6.07) is 2.77. The number of hydrogen-bond donors (Lipinski definition) is 2. The molecule has 1 aromatic heterocycles. The van der Waals surface area contributed by atoms with Crippen molar-refractivity contribution in [1.82, 2.24) is 4.98 Å². The molecular weight excluding hydrogens is 186 g/mol. The Morgan fingerprint density at radius 3 is 2.43 bits per heavy atom. The lowest BCUT2D eigenvalue weighted by molar-refractivity contribution is 0.0690. The fourth-order valence-electron chi connectivity index (χ4n) is 0.873. The SMILES string of the molecule is CO.Cc1cc(C=O)cc(C(=O)O)n1. The van der Waals surface area contributed by atoms with E-state index in [1.165, 1.54) is 12.1 Å². The number of aliphatic hydroxyl groups excluding tert-OH is 1. The van der Waals surface area contributed by atoms with Gasteiger partial charge in [0.15, 0.2) is 0 Å². The molecule has 1 aromatic rings. The van der Waals surface area contributed by atoms with Crippen molar-refractivity contribution in [3.63, 3.8) is 0 Å². The number of aromatic carboxylic acids is 1. The first-order chi connectivity index (χ1) is 6.63. The Morgan fingerprint density at radius 2 is 2.00 bits per heavy atom. The molecule has 0 saturated heterocycles. The fraction of sp³-hybridized carbons (Fsp3) is 0.222. The summed E-state index contributed by atoms with van der Waals surface area (Å²) >= 11 is 0. The number of carbonyl (C=O) groups excluding carboxylic acids is 1. The van der Waals surface area contributed by atoms with Crippen molar-refractivity contribution in [2.45, 2.75) is 6.92 Å². The highest BCUT2D eigenvalue weighted by molar-refractivity contribution is 5.88. The smallest absolute Gasteiger partial charge is 0.354 e. The fourth-order valence-corrected chi connectivity index (χ4v) is 0.873. The van der Waals surface area contributed by atoms with E-state index in [2.05, 4.69) is 4.98 Å². The first kappa shape index (κ1) is 12.2. The quantitative estimate of drug-likeness (QED) is 0.674. The second kappa shape index (κ2) is 5.82. The van der Waals surface area contributed by atoms with Crippen LogP contribution in [0, 0.1) is 6.92 Å².